The van der Waals surface area contributed by atoms with E-state index in [9.17, 15) is 9.59 Å². The number of anilines is 1. The lowest BCUT2D eigenvalue weighted by molar-refractivity contribution is -0.137. The van der Waals surface area contributed by atoms with Crippen molar-refractivity contribution in [1.82, 2.24) is 15.5 Å². The van der Waals surface area contributed by atoms with E-state index in [1.165, 1.54) is 13.1 Å². The Kier molecular flexibility index (Phi) is 4.38. The third-order valence-electron chi connectivity index (χ3n) is 2.00. The maximum Gasteiger partial charge on any atom is 0.305 e. The highest BCUT2D eigenvalue weighted by atomic mass is 16.4. The van der Waals surface area contributed by atoms with Gasteiger partial charge in [0, 0.05) is 13.1 Å². The molecule has 7 nitrogen and oxygen atoms in total. The zero-order valence-electron chi connectivity index (χ0n) is 9.60. The van der Waals surface area contributed by atoms with Crippen LogP contribution in [0.15, 0.2) is 12.1 Å². The van der Waals surface area contributed by atoms with Crippen LogP contribution in [0.3, 0.4) is 0 Å². The van der Waals surface area contributed by atoms with Gasteiger partial charge in [-0.25, -0.2) is 0 Å². The van der Waals surface area contributed by atoms with Crippen molar-refractivity contribution < 1.29 is 14.7 Å². The zero-order chi connectivity index (χ0) is 12.8. The number of hydrogen-bond acceptors (Lipinski definition) is 5. The quantitative estimate of drug-likeness (QED) is 0.672. The van der Waals surface area contributed by atoms with E-state index in [0.29, 0.717) is 5.82 Å². The van der Waals surface area contributed by atoms with Crippen molar-refractivity contribution >= 4 is 17.7 Å². The summed E-state index contributed by atoms with van der Waals surface area (Å²) >= 11 is 0. The number of nitrogens with one attached hydrogen (secondary N) is 2. The number of aliphatic carboxylic acids is 1. The lowest BCUT2D eigenvalue weighted by atomic mass is 10.2. The van der Waals surface area contributed by atoms with Crippen LogP contribution in [0.25, 0.3) is 0 Å². The number of rotatable bonds is 5. The van der Waals surface area contributed by atoms with Crippen molar-refractivity contribution in [2.24, 2.45) is 0 Å². The van der Waals surface area contributed by atoms with Crippen molar-refractivity contribution in [3.8, 4) is 0 Å². The van der Waals surface area contributed by atoms with Gasteiger partial charge in [-0.2, -0.15) is 0 Å². The lowest BCUT2D eigenvalue weighted by Gasteiger charge is -2.11. The number of hydrogen-bond donors (Lipinski definition) is 3. The molecule has 1 aromatic heterocycles. The van der Waals surface area contributed by atoms with E-state index in [-0.39, 0.29) is 24.1 Å². The molecule has 0 spiro atoms. The number of amides is 1. The predicted octanol–water partition coefficient (Wildman–Crippen LogP) is 0.111. The molecule has 1 atom stereocenters. The second-order valence-corrected chi connectivity index (χ2v) is 3.53. The fourth-order valence-electron chi connectivity index (χ4n) is 1.22. The van der Waals surface area contributed by atoms with Crippen molar-refractivity contribution in [1.29, 1.82) is 0 Å². The summed E-state index contributed by atoms with van der Waals surface area (Å²) in [6.07, 6.45) is -0.0150. The molecule has 17 heavy (non-hydrogen) atoms. The van der Waals surface area contributed by atoms with Gasteiger partial charge in [-0.3, -0.25) is 9.59 Å². The first-order chi connectivity index (χ1) is 8.02. The minimum absolute atomic E-state index is 0.0150. The average molecular weight is 238 g/mol. The molecule has 0 fully saturated rings. The topological polar surface area (TPSA) is 104 Å². The summed E-state index contributed by atoms with van der Waals surface area (Å²) in [5, 5.41) is 21.4. The Bertz CT molecular complexity index is 405. The Hall–Kier alpha value is -2.18. The number of nitrogens with zero attached hydrogens (tertiary/aromatic N) is 2. The molecular formula is C10H14N4O3. The van der Waals surface area contributed by atoms with Crippen molar-refractivity contribution in [2.45, 2.75) is 19.4 Å². The molecule has 0 saturated heterocycles. The summed E-state index contributed by atoms with van der Waals surface area (Å²) in [7, 11) is 1.51. The first-order valence-electron chi connectivity index (χ1n) is 5.07. The molecule has 1 heterocycles. The second-order valence-electron chi connectivity index (χ2n) is 3.53. The van der Waals surface area contributed by atoms with E-state index >= 15 is 0 Å². The van der Waals surface area contributed by atoms with Crippen molar-refractivity contribution in [3.05, 3.63) is 17.8 Å². The van der Waals surface area contributed by atoms with E-state index in [1.54, 1.807) is 13.0 Å². The highest BCUT2D eigenvalue weighted by molar-refractivity contribution is 5.91. The third kappa shape index (κ3) is 4.06. The van der Waals surface area contributed by atoms with Crippen molar-refractivity contribution in [3.63, 3.8) is 0 Å². The van der Waals surface area contributed by atoms with E-state index in [0.717, 1.165) is 0 Å². The van der Waals surface area contributed by atoms with E-state index in [4.69, 9.17) is 5.11 Å². The highest BCUT2D eigenvalue weighted by Gasteiger charge is 2.09. The predicted molar refractivity (Wildman–Crippen MR) is 60.8 cm³/mol. The minimum atomic E-state index is -0.889. The largest absolute Gasteiger partial charge is 0.481 e. The first-order valence-corrected chi connectivity index (χ1v) is 5.07. The van der Waals surface area contributed by atoms with Crippen LogP contribution < -0.4 is 10.6 Å². The summed E-state index contributed by atoms with van der Waals surface area (Å²) < 4.78 is 0. The van der Waals surface area contributed by atoms with Gasteiger partial charge in [-0.15, -0.1) is 10.2 Å². The lowest BCUT2D eigenvalue weighted by Crippen LogP contribution is -2.22. The smallest absolute Gasteiger partial charge is 0.305 e. The molecule has 1 amide bonds. The standard InChI is InChI=1S/C10H14N4O3/c1-6(5-9(15)16)12-8-4-3-7(13-14-8)10(17)11-2/h3-4,6H,5H2,1-2H3,(H,11,17)(H,12,14)(H,15,16). The molecule has 0 aliphatic carbocycles. The maximum atomic E-state index is 11.2. The number of aromatic nitrogens is 2. The summed E-state index contributed by atoms with van der Waals surface area (Å²) in [5.41, 5.74) is 0.212. The van der Waals surface area contributed by atoms with E-state index < -0.39 is 5.97 Å². The summed E-state index contributed by atoms with van der Waals surface area (Å²) in [6.45, 7) is 1.72. The highest BCUT2D eigenvalue weighted by Crippen LogP contribution is 2.05. The average Bonchev–Trinajstić information content (AvgIpc) is 2.28. The van der Waals surface area contributed by atoms with Gasteiger partial charge in [0.15, 0.2) is 5.69 Å². The van der Waals surface area contributed by atoms with Crippen LogP contribution in [0.1, 0.15) is 23.8 Å². The number of carbonyl (C=O) groups excluding carboxylic acids is 1. The first kappa shape index (κ1) is 12.9. The molecule has 1 rings (SSSR count). The molecule has 0 radical (unpaired) electrons. The van der Waals surface area contributed by atoms with Crippen LogP contribution in [-0.4, -0.2) is 40.3 Å². The monoisotopic (exact) mass is 238 g/mol. The maximum absolute atomic E-state index is 11.2. The van der Waals surface area contributed by atoms with Crippen LogP contribution >= 0.6 is 0 Å². The number of carboxylic acids is 1. The normalized spacial score (nSPS) is 11.6. The van der Waals surface area contributed by atoms with E-state index in [2.05, 4.69) is 20.8 Å². The molecule has 0 saturated carbocycles. The second kappa shape index (κ2) is 5.78. The van der Waals surface area contributed by atoms with Crippen LogP contribution in [0.5, 0.6) is 0 Å². The Morgan fingerprint density at radius 2 is 2.12 bits per heavy atom. The van der Waals surface area contributed by atoms with Gasteiger partial charge in [0.2, 0.25) is 0 Å². The summed E-state index contributed by atoms with van der Waals surface area (Å²) in [5.74, 6) is -0.769. The number of carboxylic acid groups (broad SMARTS) is 1. The van der Waals surface area contributed by atoms with Gasteiger partial charge in [-0.05, 0) is 19.1 Å². The van der Waals surface area contributed by atoms with Gasteiger partial charge < -0.3 is 15.7 Å². The van der Waals surface area contributed by atoms with Gasteiger partial charge in [0.05, 0.1) is 6.42 Å². The zero-order valence-corrected chi connectivity index (χ0v) is 9.60. The van der Waals surface area contributed by atoms with Crippen molar-refractivity contribution in [2.75, 3.05) is 12.4 Å². The molecule has 0 aromatic carbocycles. The van der Waals surface area contributed by atoms with Crippen LogP contribution in [0, 0.1) is 0 Å². The van der Waals surface area contributed by atoms with E-state index in [1.807, 2.05) is 0 Å². The molecule has 1 aromatic rings. The van der Waals surface area contributed by atoms with Gasteiger partial charge in [-0.1, -0.05) is 0 Å². The Morgan fingerprint density at radius 1 is 1.41 bits per heavy atom. The molecule has 1 unspecified atom stereocenters. The van der Waals surface area contributed by atoms with Gasteiger partial charge in [0.25, 0.3) is 5.91 Å². The molecule has 92 valence electrons. The SMILES string of the molecule is CNC(=O)c1ccc(NC(C)CC(=O)O)nn1. The van der Waals surface area contributed by atoms with Crippen LogP contribution in [0.4, 0.5) is 5.82 Å². The Balaban J connectivity index is 2.62. The molecule has 3 N–H and O–H groups in total. The fraction of sp³-hybridized carbons (Fsp3) is 0.400. The third-order valence-corrected chi connectivity index (χ3v) is 2.00. The molecular weight excluding hydrogens is 224 g/mol. The number of carbonyl (C=O) groups is 2. The minimum Gasteiger partial charge on any atom is -0.481 e. The fourth-order valence-corrected chi connectivity index (χ4v) is 1.22. The van der Waals surface area contributed by atoms with Crippen LogP contribution in [-0.2, 0) is 4.79 Å². The summed E-state index contributed by atoms with van der Waals surface area (Å²) in [4.78, 5) is 21.6. The molecule has 0 bridgehead atoms. The van der Waals surface area contributed by atoms with Crippen LogP contribution in [0.2, 0.25) is 0 Å². The Labute approximate surface area is 98.2 Å². The molecule has 0 aliphatic rings. The van der Waals surface area contributed by atoms with Gasteiger partial charge in [0.1, 0.15) is 5.82 Å². The molecule has 0 aliphatic heterocycles. The summed E-state index contributed by atoms with van der Waals surface area (Å²) in [6, 6.07) is 2.84. The Morgan fingerprint density at radius 3 is 2.59 bits per heavy atom. The van der Waals surface area contributed by atoms with Gasteiger partial charge >= 0.3 is 5.97 Å². The molecule has 7 heteroatoms.